The second-order valence-corrected chi connectivity index (χ2v) is 29.9. The van der Waals surface area contributed by atoms with Crippen molar-refractivity contribution >= 4 is 139 Å². The summed E-state index contributed by atoms with van der Waals surface area (Å²) in [6.45, 7) is 0. The molecule has 0 atom stereocenters. The average molecular weight is 1530 g/mol. The highest BCUT2D eigenvalue weighted by Crippen LogP contribution is 2.43. The van der Waals surface area contributed by atoms with Crippen LogP contribution in [-0.4, -0.2) is 21.1 Å². The maximum absolute atomic E-state index is 2.32. The van der Waals surface area contributed by atoms with Crippen LogP contribution in [0, 0.1) is 0 Å². The van der Waals surface area contributed by atoms with E-state index in [1.165, 1.54) is 104 Å². The number of nitrogens with zero attached hydrogens (tertiary/aromatic N) is 6. The lowest BCUT2D eigenvalue weighted by atomic mass is 10.0. The van der Waals surface area contributed by atoms with Crippen LogP contribution in [0.5, 0.6) is 0 Å². The molecule has 0 heterocycles. The molecule has 0 saturated heterocycles. The monoisotopic (exact) mass is 1530 g/mol. The molecule has 570 valence electrons. The largest absolute Gasteiger partial charge is 0.345 e. The van der Waals surface area contributed by atoms with Crippen molar-refractivity contribution in [3.8, 4) is 33.4 Å². The molecule has 0 bridgehead atoms. The second-order valence-electron chi connectivity index (χ2n) is 29.9. The van der Waals surface area contributed by atoms with Crippen molar-refractivity contribution in [2.24, 2.45) is 0 Å². The molecule has 0 aliphatic carbocycles. The maximum atomic E-state index is 2.32. The SMILES string of the molecule is CN(c1ccc(-c2ccc(N(c3ccccc3)c3ccc4ccccc4c3)cc2)cc1)c1ccc2ccccc2c1.CN(c1ccc(-c2ccc(N(c3ccccc3)c3ccc4ccccc4c3)cc2)cc1)c1cccc2ccccc12.CN(c1ccccc1)c1ccc(-c2ccc(N(c3ccccc3)c3ccc4ccccc4c3)cc2)cc1. The topological polar surface area (TPSA) is 19.4 Å². The zero-order chi connectivity index (χ0) is 80.2. The first-order chi connectivity index (χ1) is 58.7. The number of para-hydroxylation sites is 4. The van der Waals surface area contributed by atoms with Crippen molar-refractivity contribution in [2.45, 2.75) is 0 Å². The van der Waals surface area contributed by atoms with Crippen molar-refractivity contribution in [1.29, 1.82) is 0 Å². The summed E-state index contributed by atoms with van der Waals surface area (Å²) in [7, 11) is 6.36. The van der Waals surface area contributed by atoms with Crippen LogP contribution >= 0.6 is 0 Å². The van der Waals surface area contributed by atoms with Gasteiger partial charge in [-0.15, -0.1) is 0 Å². The minimum Gasteiger partial charge on any atom is -0.345 e. The highest BCUT2D eigenvalue weighted by molar-refractivity contribution is 5.97. The zero-order valence-corrected chi connectivity index (χ0v) is 66.8. The van der Waals surface area contributed by atoms with Gasteiger partial charge in [-0.2, -0.15) is 0 Å². The molecular formula is C113H88N6. The summed E-state index contributed by atoms with van der Waals surface area (Å²) in [5, 5.41) is 12.5. The Hall–Kier alpha value is -15.5. The number of hydrogen-bond donors (Lipinski definition) is 0. The van der Waals surface area contributed by atoms with Gasteiger partial charge >= 0.3 is 0 Å². The molecule has 119 heavy (non-hydrogen) atoms. The van der Waals surface area contributed by atoms with Gasteiger partial charge in [0.25, 0.3) is 0 Å². The molecule has 0 saturated carbocycles. The first-order valence-electron chi connectivity index (χ1n) is 40.6. The molecular weight excluding hydrogens is 1440 g/mol. The highest BCUT2D eigenvalue weighted by Gasteiger charge is 2.19. The van der Waals surface area contributed by atoms with E-state index in [-0.39, 0.29) is 0 Å². The van der Waals surface area contributed by atoms with Crippen molar-refractivity contribution in [2.75, 3.05) is 50.5 Å². The van der Waals surface area contributed by atoms with E-state index in [2.05, 4.69) is 524 Å². The van der Waals surface area contributed by atoms with Crippen LogP contribution in [0.3, 0.4) is 0 Å². The second kappa shape index (κ2) is 34.7. The van der Waals surface area contributed by atoms with Crippen LogP contribution in [-0.2, 0) is 0 Å². The molecule has 0 fully saturated rings. The number of hydrogen-bond acceptors (Lipinski definition) is 6. The third kappa shape index (κ3) is 16.6. The van der Waals surface area contributed by atoms with E-state index in [1.54, 1.807) is 0 Å². The van der Waals surface area contributed by atoms with E-state index in [9.17, 15) is 0 Å². The van der Waals surface area contributed by atoms with Gasteiger partial charge in [0.05, 0.1) is 0 Å². The number of fused-ring (bicyclic) bond motifs is 5. The Balaban J connectivity index is 0.000000123. The minimum atomic E-state index is 1.13. The molecule has 20 aromatic rings. The molecule has 6 nitrogen and oxygen atoms in total. The molecule has 0 aliphatic heterocycles. The summed E-state index contributed by atoms with van der Waals surface area (Å²) in [4.78, 5) is 13.6. The number of benzene rings is 20. The lowest BCUT2D eigenvalue weighted by Crippen LogP contribution is -2.10. The summed E-state index contributed by atoms with van der Waals surface area (Å²) in [6.07, 6.45) is 0. The van der Waals surface area contributed by atoms with E-state index in [4.69, 9.17) is 0 Å². The van der Waals surface area contributed by atoms with Crippen molar-refractivity contribution in [3.63, 3.8) is 0 Å². The number of rotatable bonds is 18. The van der Waals surface area contributed by atoms with Crippen molar-refractivity contribution < 1.29 is 0 Å². The summed E-state index contributed by atoms with van der Waals surface area (Å²) in [6, 6.07) is 171. The van der Waals surface area contributed by atoms with Gasteiger partial charge in [-0.05, 0) is 258 Å². The van der Waals surface area contributed by atoms with Crippen molar-refractivity contribution in [3.05, 3.63) is 479 Å². The quantitative estimate of drug-likeness (QED) is 0.0847. The standard InChI is InChI=1S/2C39H30N2.C35H28N2/c1-40(38-25-19-29-9-5-7-11-33(29)27-38)35-21-15-31(16-22-35)32-17-23-37(24-18-32)41(36-13-3-2-4-14-36)39-26-20-30-10-6-8-12-34(30)28-39;1-40(39-17-9-13-32-11-7-8-16-38(32)39)34-23-18-30(19-24-34)31-20-25-36(26-21-31)41(35-14-3-2-4-15-35)37-27-22-29-10-5-6-12-33(29)28-37;1-36(31-12-4-2-5-13-31)32-21-16-28(17-22-32)29-18-23-34(24-19-29)37(33-14-6-3-7-15-33)35-25-20-27-10-8-9-11-30(27)26-35/h2*2-28H,1H3;2-26H,1H3. The third-order valence-electron chi connectivity index (χ3n) is 22.5. The first-order valence-corrected chi connectivity index (χ1v) is 40.6. The fourth-order valence-corrected chi connectivity index (χ4v) is 16.0. The third-order valence-corrected chi connectivity index (χ3v) is 22.5. The molecule has 0 spiro atoms. The Morgan fingerprint density at radius 2 is 0.328 bits per heavy atom. The van der Waals surface area contributed by atoms with Gasteiger partial charge in [-0.25, -0.2) is 0 Å². The van der Waals surface area contributed by atoms with Crippen LogP contribution in [0.25, 0.3) is 87.2 Å². The van der Waals surface area contributed by atoms with Gasteiger partial charge in [-0.3, -0.25) is 0 Å². The molecule has 0 aliphatic rings. The normalized spacial score (nSPS) is 11.0. The summed E-state index contributed by atoms with van der Waals surface area (Å²) < 4.78 is 0. The fourth-order valence-electron chi connectivity index (χ4n) is 16.0. The Morgan fingerprint density at radius 3 is 0.647 bits per heavy atom. The van der Waals surface area contributed by atoms with Gasteiger partial charge in [0.2, 0.25) is 0 Å². The molecule has 0 N–H and O–H groups in total. The zero-order valence-electron chi connectivity index (χ0n) is 66.8. The van der Waals surface area contributed by atoms with Crippen LogP contribution in [0.15, 0.2) is 479 Å². The maximum Gasteiger partial charge on any atom is 0.0487 e. The Morgan fingerprint density at radius 1 is 0.126 bits per heavy atom. The molecule has 6 heteroatoms. The summed E-state index contributed by atoms with van der Waals surface area (Å²) >= 11 is 0. The van der Waals surface area contributed by atoms with Crippen LogP contribution < -0.4 is 29.4 Å². The molecule has 0 radical (unpaired) electrons. The van der Waals surface area contributed by atoms with E-state index >= 15 is 0 Å². The molecule has 20 aromatic carbocycles. The minimum absolute atomic E-state index is 1.13. The van der Waals surface area contributed by atoms with Crippen LogP contribution in [0.4, 0.5) is 85.3 Å². The van der Waals surface area contributed by atoms with E-state index in [0.717, 1.165) is 68.2 Å². The van der Waals surface area contributed by atoms with Gasteiger partial charge in [-0.1, -0.05) is 303 Å². The Bertz CT molecular complexity index is 6800. The first kappa shape index (κ1) is 74.9. The Labute approximate surface area is 697 Å². The molecule has 0 amide bonds. The van der Waals surface area contributed by atoms with Gasteiger partial charge in [0.15, 0.2) is 0 Å². The van der Waals surface area contributed by atoms with Gasteiger partial charge in [0.1, 0.15) is 0 Å². The van der Waals surface area contributed by atoms with Gasteiger partial charge < -0.3 is 29.4 Å². The predicted molar refractivity (Wildman–Crippen MR) is 511 cm³/mol. The average Bonchev–Trinajstić information content (AvgIpc) is 0.828. The molecule has 20 rings (SSSR count). The van der Waals surface area contributed by atoms with E-state index in [0.29, 0.717) is 0 Å². The Kier molecular flexibility index (Phi) is 21.8. The van der Waals surface area contributed by atoms with Crippen molar-refractivity contribution in [1.82, 2.24) is 0 Å². The van der Waals surface area contributed by atoms with E-state index in [1.807, 2.05) is 6.07 Å². The highest BCUT2D eigenvalue weighted by atomic mass is 15.2. The number of anilines is 15. The molecule has 0 unspecified atom stereocenters. The van der Waals surface area contributed by atoms with Crippen LogP contribution in [0.1, 0.15) is 0 Å². The lowest BCUT2D eigenvalue weighted by Gasteiger charge is -2.26. The smallest absolute Gasteiger partial charge is 0.0487 e. The molecule has 0 aromatic heterocycles. The fraction of sp³-hybridized carbons (Fsp3) is 0.0265. The van der Waals surface area contributed by atoms with Gasteiger partial charge in [0, 0.05) is 112 Å². The van der Waals surface area contributed by atoms with Crippen LogP contribution in [0.2, 0.25) is 0 Å². The summed E-state index contributed by atoms with van der Waals surface area (Å²) in [5.41, 5.74) is 24.4. The summed E-state index contributed by atoms with van der Waals surface area (Å²) in [5.74, 6) is 0. The van der Waals surface area contributed by atoms with E-state index < -0.39 is 0 Å². The lowest BCUT2D eigenvalue weighted by molar-refractivity contribution is 1.21. The predicted octanol–water partition coefficient (Wildman–Crippen LogP) is 31.5.